The van der Waals surface area contributed by atoms with Crippen LogP contribution in [-0.2, 0) is 9.84 Å². The molecule has 7 heteroatoms. The number of amides is 1. The molecule has 0 aliphatic heterocycles. The molecule has 1 aromatic heterocycles. The van der Waals surface area contributed by atoms with Crippen LogP contribution >= 0.6 is 0 Å². The molecular formula is C16H19N3O3S. The molecule has 1 saturated carbocycles. The van der Waals surface area contributed by atoms with Crippen LogP contribution in [0.25, 0.3) is 0 Å². The molecule has 2 aromatic rings. The van der Waals surface area contributed by atoms with Gasteiger partial charge in [0.2, 0.25) is 0 Å². The van der Waals surface area contributed by atoms with Gasteiger partial charge in [-0.15, -0.1) is 0 Å². The molecule has 122 valence electrons. The van der Waals surface area contributed by atoms with E-state index < -0.39 is 21.0 Å². The van der Waals surface area contributed by atoms with Crippen LogP contribution in [0.3, 0.4) is 0 Å². The summed E-state index contributed by atoms with van der Waals surface area (Å²) in [6.45, 7) is 3.19. The number of carbonyl (C=O) groups is 1. The molecule has 1 aliphatic carbocycles. The fourth-order valence-electron chi connectivity index (χ4n) is 2.34. The van der Waals surface area contributed by atoms with E-state index in [0.717, 1.165) is 18.5 Å². The van der Waals surface area contributed by atoms with Crippen LogP contribution in [0.1, 0.15) is 48.7 Å². The Morgan fingerprint density at radius 3 is 2.65 bits per heavy atom. The maximum atomic E-state index is 12.5. The number of H-pyrrole nitrogens is 1. The molecule has 3 rings (SSSR count). The van der Waals surface area contributed by atoms with Crippen LogP contribution in [0.4, 0.5) is 5.82 Å². The van der Waals surface area contributed by atoms with Crippen LogP contribution in [0, 0.1) is 0 Å². The van der Waals surface area contributed by atoms with Gasteiger partial charge < -0.3 is 5.32 Å². The third-order valence-electron chi connectivity index (χ3n) is 3.92. The molecule has 0 unspecified atom stereocenters. The summed E-state index contributed by atoms with van der Waals surface area (Å²) in [6.07, 6.45) is 2.26. The first-order valence-corrected chi connectivity index (χ1v) is 9.14. The number of sulfone groups is 1. The van der Waals surface area contributed by atoms with Crippen molar-refractivity contribution >= 4 is 21.6 Å². The van der Waals surface area contributed by atoms with Gasteiger partial charge in [-0.25, -0.2) is 8.42 Å². The Bertz CT molecular complexity index is 836. The highest BCUT2D eigenvalue weighted by Gasteiger charge is 2.27. The first kappa shape index (κ1) is 15.7. The van der Waals surface area contributed by atoms with Crippen molar-refractivity contribution in [2.75, 3.05) is 5.32 Å². The minimum atomic E-state index is -3.53. The van der Waals surface area contributed by atoms with Crippen molar-refractivity contribution < 1.29 is 13.2 Å². The second-order valence-corrected chi connectivity index (χ2v) is 8.50. The van der Waals surface area contributed by atoms with E-state index in [1.807, 2.05) is 0 Å². The zero-order chi connectivity index (χ0) is 16.6. The number of hydrogen-bond donors (Lipinski definition) is 2. The van der Waals surface area contributed by atoms with Crippen LogP contribution in [-0.4, -0.2) is 29.8 Å². The monoisotopic (exact) mass is 333 g/mol. The molecule has 1 heterocycles. The standard InChI is InChI=1S/C16H19N3O3S/c1-10(2)23(21,22)14-6-4-3-5-12(14)16(20)17-15-9-13(18-19-15)11-7-8-11/h3-6,9-11H,7-8H2,1-2H3,(H2,17,18,19,20). The number of hydrogen-bond acceptors (Lipinski definition) is 4. The molecule has 0 radical (unpaired) electrons. The van der Waals surface area contributed by atoms with E-state index in [-0.39, 0.29) is 10.5 Å². The summed E-state index contributed by atoms with van der Waals surface area (Å²) in [5, 5.41) is 9.04. The molecule has 0 bridgehead atoms. The number of anilines is 1. The highest BCUT2D eigenvalue weighted by Crippen LogP contribution is 2.39. The topological polar surface area (TPSA) is 91.9 Å². The predicted molar refractivity (Wildman–Crippen MR) is 87.3 cm³/mol. The normalized spacial score (nSPS) is 14.9. The lowest BCUT2D eigenvalue weighted by Gasteiger charge is -2.12. The summed E-state index contributed by atoms with van der Waals surface area (Å²) in [7, 11) is -3.53. The van der Waals surface area contributed by atoms with E-state index in [1.165, 1.54) is 12.1 Å². The second kappa shape index (κ2) is 5.81. The van der Waals surface area contributed by atoms with Crippen molar-refractivity contribution in [3.05, 3.63) is 41.6 Å². The summed E-state index contributed by atoms with van der Waals surface area (Å²) < 4.78 is 24.8. The third kappa shape index (κ3) is 3.14. The Morgan fingerprint density at radius 2 is 2.00 bits per heavy atom. The van der Waals surface area contributed by atoms with Gasteiger partial charge in [0.1, 0.15) is 0 Å². The van der Waals surface area contributed by atoms with Crippen molar-refractivity contribution in [1.29, 1.82) is 0 Å². The maximum absolute atomic E-state index is 12.5. The SMILES string of the molecule is CC(C)S(=O)(=O)c1ccccc1C(=O)Nc1cc(C2CC2)[nH]n1. The molecule has 1 aliphatic rings. The predicted octanol–water partition coefficient (Wildman–Crippen LogP) is 2.72. The third-order valence-corrected chi connectivity index (χ3v) is 6.13. The Hall–Kier alpha value is -2.15. The van der Waals surface area contributed by atoms with Crippen molar-refractivity contribution in [1.82, 2.24) is 10.2 Å². The van der Waals surface area contributed by atoms with Gasteiger partial charge in [0.25, 0.3) is 5.91 Å². The molecule has 23 heavy (non-hydrogen) atoms. The van der Waals surface area contributed by atoms with Crippen LogP contribution in [0.5, 0.6) is 0 Å². The van der Waals surface area contributed by atoms with Crippen molar-refractivity contribution in [2.24, 2.45) is 0 Å². The molecule has 0 saturated heterocycles. The lowest BCUT2D eigenvalue weighted by Crippen LogP contribution is -2.20. The molecule has 1 amide bonds. The van der Waals surface area contributed by atoms with E-state index in [4.69, 9.17) is 0 Å². The number of rotatable bonds is 5. The van der Waals surface area contributed by atoms with Gasteiger partial charge in [0.05, 0.1) is 15.7 Å². The average molecular weight is 333 g/mol. The number of carbonyl (C=O) groups excluding carboxylic acids is 1. The minimum Gasteiger partial charge on any atom is -0.305 e. The smallest absolute Gasteiger partial charge is 0.258 e. The molecule has 1 aromatic carbocycles. The van der Waals surface area contributed by atoms with Crippen LogP contribution < -0.4 is 5.32 Å². The Labute approximate surface area is 135 Å². The highest BCUT2D eigenvalue weighted by atomic mass is 32.2. The Kier molecular flexibility index (Phi) is 3.97. The van der Waals surface area contributed by atoms with Crippen molar-refractivity contribution in [3.63, 3.8) is 0 Å². The molecule has 0 spiro atoms. The van der Waals surface area contributed by atoms with Crippen LogP contribution in [0.15, 0.2) is 35.2 Å². The highest BCUT2D eigenvalue weighted by molar-refractivity contribution is 7.92. The van der Waals surface area contributed by atoms with Gasteiger partial charge in [-0.05, 0) is 38.8 Å². The van der Waals surface area contributed by atoms with Gasteiger partial charge in [-0.3, -0.25) is 9.89 Å². The minimum absolute atomic E-state index is 0.0467. The van der Waals surface area contributed by atoms with E-state index >= 15 is 0 Å². The van der Waals surface area contributed by atoms with Gasteiger partial charge in [0.15, 0.2) is 15.7 Å². The van der Waals surface area contributed by atoms with Crippen LogP contribution in [0.2, 0.25) is 0 Å². The quantitative estimate of drug-likeness (QED) is 0.880. The summed E-state index contributed by atoms with van der Waals surface area (Å²) >= 11 is 0. The first-order valence-electron chi connectivity index (χ1n) is 7.59. The summed E-state index contributed by atoms with van der Waals surface area (Å²) in [4.78, 5) is 12.5. The lowest BCUT2D eigenvalue weighted by atomic mass is 10.2. The molecule has 2 N–H and O–H groups in total. The molecule has 6 nitrogen and oxygen atoms in total. The summed E-state index contributed by atoms with van der Waals surface area (Å²) in [5.41, 5.74) is 1.14. The largest absolute Gasteiger partial charge is 0.305 e. The van der Waals surface area contributed by atoms with E-state index in [0.29, 0.717) is 11.7 Å². The van der Waals surface area contributed by atoms with E-state index in [9.17, 15) is 13.2 Å². The number of aromatic nitrogens is 2. The molecular weight excluding hydrogens is 314 g/mol. The fraction of sp³-hybridized carbons (Fsp3) is 0.375. The van der Waals surface area contributed by atoms with Gasteiger partial charge in [-0.1, -0.05) is 12.1 Å². The zero-order valence-corrected chi connectivity index (χ0v) is 13.9. The first-order chi connectivity index (χ1) is 10.9. The van der Waals surface area contributed by atoms with Crippen molar-refractivity contribution in [3.8, 4) is 0 Å². The Balaban J connectivity index is 1.87. The number of nitrogens with one attached hydrogen (secondary N) is 2. The number of nitrogens with zero attached hydrogens (tertiary/aromatic N) is 1. The van der Waals surface area contributed by atoms with Crippen molar-refractivity contribution in [2.45, 2.75) is 42.8 Å². The molecule has 0 atom stereocenters. The van der Waals surface area contributed by atoms with E-state index in [2.05, 4.69) is 15.5 Å². The zero-order valence-electron chi connectivity index (χ0n) is 13.0. The Morgan fingerprint density at radius 1 is 1.30 bits per heavy atom. The number of benzene rings is 1. The summed E-state index contributed by atoms with van der Waals surface area (Å²) in [5.74, 6) is 0.439. The van der Waals surface area contributed by atoms with Gasteiger partial charge in [-0.2, -0.15) is 5.10 Å². The lowest BCUT2D eigenvalue weighted by molar-refractivity contribution is 0.102. The second-order valence-electron chi connectivity index (χ2n) is 6.03. The summed E-state index contributed by atoms with van der Waals surface area (Å²) in [6, 6.07) is 8.04. The maximum Gasteiger partial charge on any atom is 0.258 e. The van der Waals surface area contributed by atoms with E-state index in [1.54, 1.807) is 32.0 Å². The molecule has 1 fully saturated rings. The van der Waals surface area contributed by atoms with Gasteiger partial charge in [0, 0.05) is 17.7 Å². The fourth-order valence-corrected chi connectivity index (χ4v) is 3.59. The average Bonchev–Trinajstić information content (AvgIpc) is 3.27. The number of aromatic amines is 1. The van der Waals surface area contributed by atoms with Gasteiger partial charge >= 0.3 is 0 Å².